The largest absolute Gasteiger partial charge is 0.495 e. The molecule has 2 rings (SSSR count). The lowest BCUT2D eigenvalue weighted by molar-refractivity contribution is 0.415. The Kier molecular flexibility index (Phi) is 4.65. The van der Waals surface area contributed by atoms with Gasteiger partial charge in [0.25, 0.3) is 10.0 Å². The van der Waals surface area contributed by atoms with E-state index in [-0.39, 0.29) is 10.6 Å². The number of halogens is 2. The molecular weight excluding hydrogens is 380 g/mol. The van der Waals surface area contributed by atoms with Crippen molar-refractivity contribution in [2.24, 2.45) is 0 Å². The predicted octanol–water partition coefficient (Wildman–Crippen LogP) is 3.49. The number of benzene rings is 2. The highest BCUT2D eigenvalue weighted by atomic mass is 79.9. The standard InChI is InChI=1S/C13H12BrClN2O3S/c1-20-13-7-9(3-5-11(13)16)21(18,19)17-12-6-8(14)2-4-10(12)15/h2-7,17H,16H2,1H3. The summed E-state index contributed by atoms with van der Waals surface area (Å²) in [5.74, 6) is 0.290. The number of hydrogen-bond donors (Lipinski definition) is 2. The number of hydrogen-bond acceptors (Lipinski definition) is 4. The van der Waals surface area contributed by atoms with Crippen molar-refractivity contribution in [3.8, 4) is 5.75 Å². The van der Waals surface area contributed by atoms with Crippen LogP contribution in [0, 0.1) is 0 Å². The molecule has 3 N–H and O–H groups in total. The zero-order valence-electron chi connectivity index (χ0n) is 10.9. The summed E-state index contributed by atoms with van der Waals surface area (Å²) in [6.45, 7) is 0. The molecule has 0 spiro atoms. The normalized spacial score (nSPS) is 11.2. The zero-order chi connectivity index (χ0) is 15.6. The van der Waals surface area contributed by atoms with Gasteiger partial charge < -0.3 is 10.5 Å². The fourth-order valence-electron chi connectivity index (χ4n) is 1.64. The maximum Gasteiger partial charge on any atom is 0.262 e. The van der Waals surface area contributed by atoms with Crippen LogP contribution in [0.3, 0.4) is 0 Å². The molecule has 112 valence electrons. The molecule has 2 aromatic rings. The van der Waals surface area contributed by atoms with Gasteiger partial charge in [0.15, 0.2) is 0 Å². The Balaban J connectivity index is 2.41. The smallest absolute Gasteiger partial charge is 0.262 e. The van der Waals surface area contributed by atoms with Gasteiger partial charge in [0, 0.05) is 10.5 Å². The average Bonchev–Trinajstić information content (AvgIpc) is 2.43. The monoisotopic (exact) mass is 390 g/mol. The lowest BCUT2D eigenvalue weighted by atomic mass is 10.3. The first-order valence-electron chi connectivity index (χ1n) is 5.75. The van der Waals surface area contributed by atoms with E-state index in [2.05, 4.69) is 20.7 Å². The van der Waals surface area contributed by atoms with Crippen LogP contribution in [0.5, 0.6) is 5.75 Å². The van der Waals surface area contributed by atoms with Crippen LogP contribution < -0.4 is 15.2 Å². The number of nitrogens with two attached hydrogens (primary N) is 1. The second kappa shape index (κ2) is 6.13. The maximum atomic E-state index is 12.4. The van der Waals surface area contributed by atoms with Crippen molar-refractivity contribution in [1.82, 2.24) is 0 Å². The third kappa shape index (κ3) is 3.61. The molecule has 0 atom stereocenters. The van der Waals surface area contributed by atoms with Gasteiger partial charge in [-0.25, -0.2) is 8.42 Å². The number of rotatable bonds is 4. The third-order valence-electron chi connectivity index (χ3n) is 2.69. The molecule has 0 aliphatic rings. The number of nitrogen functional groups attached to an aromatic ring is 1. The molecule has 0 fully saturated rings. The summed E-state index contributed by atoms with van der Waals surface area (Å²) in [6.07, 6.45) is 0. The number of methoxy groups -OCH3 is 1. The molecule has 0 aliphatic heterocycles. The molecule has 0 amide bonds. The van der Waals surface area contributed by atoms with Crippen molar-refractivity contribution < 1.29 is 13.2 Å². The van der Waals surface area contributed by atoms with Crippen molar-refractivity contribution in [2.75, 3.05) is 17.6 Å². The van der Waals surface area contributed by atoms with Gasteiger partial charge in [-0.3, -0.25) is 4.72 Å². The molecule has 0 saturated heterocycles. The van der Waals surface area contributed by atoms with E-state index in [9.17, 15) is 8.42 Å². The number of sulfonamides is 1. The van der Waals surface area contributed by atoms with Crippen molar-refractivity contribution in [3.05, 3.63) is 45.9 Å². The summed E-state index contributed by atoms with van der Waals surface area (Å²) < 4.78 is 32.9. The van der Waals surface area contributed by atoms with E-state index in [0.717, 1.165) is 0 Å². The van der Waals surface area contributed by atoms with E-state index in [1.54, 1.807) is 18.2 Å². The van der Waals surface area contributed by atoms with Gasteiger partial charge in [0.2, 0.25) is 0 Å². The molecule has 8 heteroatoms. The van der Waals surface area contributed by atoms with Gasteiger partial charge in [-0.2, -0.15) is 0 Å². The Morgan fingerprint density at radius 3 is 2.62 bits per heavy atom. The van der Waals surface area contributed by atoms with Crippen LogP contribution in [0.15, 0.2) is 45.8 Å². The third-order valence-corrected chi connectivity index (χ3v) is 4.87. The van der Waals surface area contributed by atoms with Gasteiger partial charge in [-0.05, 0) is 30.3 Å². The van der Waals surface area contributed by atoms with Crippen molar-refractivity contribution in [1.29, 1.82) is 0 Å². The van der Waals surface area contributed by atoms with Crippen LogP contribution in [0.25, 0.3) is 0 Å². The second-order valence-corrected chi connectivity index (χ2v) is 7.14. The minimum absolute atomic E-state index is 0.0320. The molecule has 0 radical (unpaired) electrons. The fourth-order valence-corrected chi connectivity index (χ4v) is 3.31. The summed E-state index contributed by atoms with van der Waals surface area (Å²) in [4.78, 5) is 0.0320. The average molecular weight is 392 g/mol. The Labute approximate surface area is 136 Å². The van der Waals surface area contributed by atoms with E-state index >= 15 is 0 Å². The molecule has 0 aliphatic carbocycles. The molecule has 2 aromatic carbocycles. The Morgan fingerprint density at radius 2 is 1.95 bits per heavy atom. The highest BCUT2D eigenvalue weighted by Gasteiger charge is 2.17. The van der Waals surface area contributed by atoms with Crippen molar-refractivity contribution >= 4 is 48.9 Å². The van der Waals surface area contributed by atoms with Crippen molar-refractivity contribution in [3.63, 3.8) is 0 Å². The van der Waals surface area contributed by atoms with Gasteiger partial charge in [0.05, 0.1) is 28.4 Å². The van der Waals surface area contributed by atoms with Gasteiger partial charge in [-0.15, -0.1) is 0 Å². The van der Waals surface area contributed by atoms with E-state index in [4.69, 9.17) is 22.1 Å². The van der Waals surface area contributed by atoms with E-state index in [1.807, 2.05) is 0 Å². The number of ether oxygens (including phenoxy) is 1. The summed E-state index contributed by atoms with van der Waals surface area (Å²) in [5.41, 5.74) is 6.31. The highest BCUT2D eigenvalue weighted by molar-refractivity contribution is 9.10. The molecular formula is C13H12BrClN2O3S. The SMILES string of the molecule is COc1cc(S(=O)(=O)Nc2cc(Br)ccc2Cl)ccc1N. The predicted molar refractivity (Wildman–Crippen MR) is 87.4 cm³/mol. The lowest BCUT2D eigenvalue weighted by Gasteiger charge is -2.12. The maximum absolute atomic E-state index is 12.4. The number of nitrogens with one attached hydrogen (secondary N) is 1. The first kappa shape index (κ1) is 15.9. The van der Waals surface area contributed by atoms with Crippen LogP contribution in [-0.2, 0) is 10.0 Å². The molecule has 0 unspecified atom stereocenters. The van der Waals surface area contributed by atoms with Gasteiger partial charge >= 0.3 is 0 Å². The second-order valence-electron chi connectivity index (χ2n) is 4.13. The van der Waals surface area contributed by atoms with Gasteiger partial charge in [-0.1, -0.05) is 27.5 Å². The van der Waals surface area contributed by atoms with Crippen LogP contribution in [0.1, 0.15) is 0 Å². The molecule has 0 aromatic heterocycles. The lowest BCUT2D eigenvalue weighted by Crippen LogP contribution is -2.13. The Bertz CT molecular complexity index is 781. The fraction of sp³-hybridized carbons (Fsp3) is 0.0769. The summed E-state index contributed by atoms with van der Waals surface area (Å²) in [6, 6.07) is 9.10. The Hall–Kier alpha value is -1.44. The zero-order valence-corrected chi connectivity index (χ0v) is 14.1. The minimum atomic E-state index is -3.79. The van der Waals surface area contributed by atoms with E-state index in [1.165, 1.54) is 25.3 Å². The van der Waals surface area contributed by atoms with Crippen molar-refractivity contribution in [2.45, 2.75) is 4.90 Å². The Morgan fingerprint density at radius 1 is 1.24 bits per heavy atom. The highest BCUT2D eigenvalue weighted by Crippen LogP contribution is 2.30. The molecule has 5 nitrogen and oxygen atoms in total. The van der Waals surface area contributed by atoms with Crippen LogP contribution in [0.4, 0.5) is 11.4 Å². The van der Waals surface area contributed by atoms with Crippen LogP contribution >= 0.6 is 27.5 Å². The first-order valence-corrected chi connectivity index (χ1v) is 8.40. The molecule has 0 bridgehead atoms. The summed E-state index contributed by atoms with van der Waals surface area (Å²) in [5, 5.41) is 0.296. The first-order chi connectivity index (χ1) is 9.83. The van der Waals surface area contributed by atoms with E-state index < -0.39 is 10.0 Å². The van der Waals surface area contributed by atoms with Crippen LogP contribution in [0.2, 0.25) is 5.02 Å². The summed E-state index contributed by atoms with van der Waals surface area (Å²) in [7, 11) is -2.38. The minimum Gasteiger partial charge on any atom is -0.495 e. The molecule has 0 saturated carbocycles. The molecule has 21 heavy (non-hydrogen) atoms. The number of anilines is 2. The quantitative estimate of drug-likeness (QED) is 0.782. The topological polar surface area (TPSA) is 81.4 Å². The summed E-state index contributed by atoms with van der Waals surface area (Å²) >= 11 is 9.24. The molecule has 0 heterocycles. The van der Waals surface area contributed by atoms with E-state index in [0.29, 0.717) is 20.9 Å². The van der Waals surface area contributed by atoms with Crippen LogP contribution in [-0.4, -0.2) is 15.5 Å². The van der Waals surface area contributed by atoms with Gasteiger partial charge in [0.1, 0.15) is 5.75 Å².